The average molecular weight is 299 g/mol. The first-order valence-electron chi connectivity index (χ1n) is 7.68. The van der Waals surface area contributed by atoms with Gasteiger partial charge in [-0.3, -0.25) is 19.7 Å². The first kappa shape index (κ1) is 13.3. The predicted molar refractivity (Wildman–Crippen MR) is 79.3 cm³/mol. The van der Waals surface area contributed by atoms with Crippen LogP contribution in [0.5, 0.6) is 0 Å². The normalized spacial score (nSPS) is 23.7. The summed E-state index contributed by atoms with van der Waals surface area (Å²) < 4.78 is 0. The van der Waals surface area contributed by atoms with Crippen LogP contribution in [0.15, 0.2) is 12.1 Å². The van der Waals surface area contributed by atoms with Gasteiger partial charge in [0.1, 0.15) is 6.04 Å². The van der Waals surface area contributed by atoms with E-state index in [1.807, 2.05) is 12.1 Å². The number of carbonyl (C=O) groups is 3. The Morgan fingerprint density at radius 2 is 1.95 bits per heavy atom. The fraction of sp³-hybridized carbons (Fsp3) is 0.438. The molecular weight excluding hydrogens is 282 g/mol. The molecule has 22 heavy (non-hydrogen) atoms. The van der Waals surface area contributed by atoms with Gasteiger partial charge in [0.15, 0.2) is 0 Å². The molecule has 114 valence electrons. The highest BCUT2D eigenvalue weighted by atomic mass is 16.2. The van der Waals surface area contributed by atoms with Crippen molar-refractivity contribution in [2.24, 2.45) is 0 Å². The van der Waals surface area contributed by atoms with E-state index in [-0.39, 0.29) is 24.1 Å². The fourth-order valence-corrected chi connectivity index (χ4v) is 3.64. The summed E-state index contributed by atoms with van der Waals surface area (Å²) in [4.78, 5) is 37.6. The summed E-state index contributed by atoms with van der Waals surface area (Å²) >= 11 is 0. The van der Waals surface area contributed by atoms with Gasteiger partial charge in [0, 0.05) is 30.8 Å². The lowest BCUT2D eigenvalue weighted by Crippen LogP contribution is -2.52. The van der Waals surface area contributed by atoms with E-state index in [2.05, 4.69) is 10.6 Å². The molecule has 0 radical (unpaired) electrons. The summed E-state index contributed by atoms with van der Waals surface area (Å²) in [5, 5.41) is 5.69. The lowest BCUT2D eigenvalue weighted by atomic mass is 9.95. The van der Waals surface area contributed by atoms with Gasteiger partial charge >= 0.3 is 0 Å². The molecule has 0 aliphatic carbocycles. The average Bonchev–Trinajstić information content (AvgIpc) is 2.85. The monoisotopic (exact) mass is 299 g/mol. The summed E-state index contributed by atoms with van der Waals surface area (Å²) in [5.74, 6) is -0.714. The molecule has 1 aromatic carbocycles. The number of nitrogens with zero attached hydrogens (tertiary/aromatic N) is 1. The van der Waals surface area contributed by atoms with Gasteiger partial charge in [-0.25, -0.2) is 0 Å². The first-order valence-corrected chi connectivity index (χ1v) is 7.68. The Balaban J connectivity index is 1.67. The number of amides is 3. The van der Waals surface area contributed by atoms with Crippen LogP contribution in [0.25, 0.3) is 0 Å². The van der Waals surface area contributed by atoms with Crippen LogP contribution in [0.2, 0.25) is 0 Å². The van der Waals surface area contributed by atoms with Crippen LogP contribution >= 0.6 is 0 Å². The zero-order valence-corrected chi connectivity index (χ0v) is 12.1. The van der Waals surface area contributed by atoms with Crippen molar-refractivity contribution < 1.29 is 14.4 Å². The van der Waals surface area contributed by atoms with Crippen molar-refractivity contribution in [1.82, 2.24) is 10.2 Å². The number of fused-ring (bicyclic) bond motifs is 3. The number of hydrogen-bond acceptors (Lipinski definition) is 4. The Morgan fingerprint density at radius 1 is 1.09 bits per heavy atom. The van der Waals surface area contributed by atoms with Crippen molar-refractivity contribution >= 4 is 23.4 Å². The van der Waals surface area contributed by atoms with Gasteiger partial charge in [-0.1, -0.05) is 0 Å². The number of rotatable bonds is 1. The Bertz CT molecular complexity index is 698. The lowest BCUT2D eigenvalue weighted by molar-refractivity contribution is -0.136. The standard InChI is InChI=1S/C16H17N3O3/c20-14-6-5-13(15(21)18-14)19-8-11-9-2-1-7-17-12(9)4-3-10(11)16(19)22/h3-4,13,17H,1-2,5-8H2,(H,18,20,21). The zero-order valence-electron chi connectivity index (χ0n) is 12.1. The largest absolute Gasteiger partial charge is 0.385 e. The van der Waals surface area contributed by atoms with Gasteiger partial charge in [-0.15, -0.1) is 0 Å². The van der Waals surface area contributed by atoms with Crippen molar-refractivity contribution in [3.63, 3.8) is 0 Å². The lowest BCUT2D eigenvalue weighted by Gasteiger charge is -2.29. The number of benzene rings is 1. The van der Waals surface area contributed by atoms with Crippen LogP contribution < -0.4 is 10.6 Å². The highest BCUT2D eigenvalue weighted by Crippen LogP contribution is 2.35. The molecule has 3 heterocycles. The van der Waals surface area contributed by atoms with Gasteiger partial charge in [-0.2, -0.15) is 0 Å². The number of imide groups is 1. The SMILES string of the molecule is O=C1CCC(N2Cc3c(ccc4c3CCCN4)C2=O)C(=O)N1. The number of nitrogens with one attached hydrogen (secondary N) is 2. The van der Waals surface area contributed by atoms with Gasteiger partial charge in [0.2, 0.25) is 11.8 Å². The van der Waals surface area contributed by atoms with E-state index in [9.17, 15) is 14.4 Å². The second kappa shape index (κ2) is 4.83. The Hall–Kier alpha value is -2.37. The zero-order chi connectivity index (χ0) is 15.3. The minimum atomic E-state index is -0.537. The molecule has 0 saturated carbocycles. The Morgan fingerprint density at radius 3 is 2.77 bits per heavy atom. The highest BCUT2D eigenvalue weighted by Gasteiger charge is 2.40. The van der Waals surface area contributed by atoms with Crippen LogP contribution in [0, 0.1) is 0 Å². The molecule has 2 N–H and O–H groups in total. The molecule has 1 aromatic rings. The number of hydrogen-bond donors (Lipinski definition) is 2. The Labute approximate surface area is 127 Å². The minimum absolute atomic E-state index is 0.0992. The van der Waals surface area contributed by atoms with Crippen molar-refractivity contribution in [1.29, 1.82) is 0 Å². The molecule has 6 nitrogen and oxygen atoms in total. The van der Waals surface area contributed by atoms with E-state index in [0.717, 1.165) is 30.6 Å². The Kier molecular flexibility index (Phi) is 2.92. The molecular formula is C16H17N3O3. The quantitative estimate of drug-likeness (QED) is 0.752. The topological polar surface area (TPSA) is 78.5 Å². The van der Waals surface area contributed by atoms with Crippen molar-refractivity contribution in [3.8, 4) is 0 Å². The molecule has 1 saturated heterocycles. The van der Waals surface area contributed by atoms with E-state index in [1.165, 1.54) is 5.56 Å². The van der Waals surface area contributed by atoms with Crippen LogP contribution in [-0.2, 0) is 22.6 Å². The van der Waals surface area contributed by atoms with E-state index < -0.39 is 6.04 Å². The summed E-state index contributed by atoms with van der Waals surface area (Å²) in [7, 11) is 0. The molecule has 4 rings (SSSR count). The highest BCUT2D eigenvalue weighted by molar-refractivity contribution is 6.05. The maximum Gasteiger partial charge on any atom is 0.255 e. The summed E-state index contributed by atoms with van der Waals surface area (Å²) in [6, 6.07) is 3.27. The second-order valence-electron chi connectivity index (χ2n) is 6.05. The fourth-order valence-electron chi connectivity index (χ4n) is 3.64. The molecule has 0 bridgehead atoms. The first-order chi connectivity index (χ1) is 10.6. The number of carbonyl (C=O) groups excluding carboxylic acids is 3. The van der Waals surface area contributed by atoms with Crippen LogP contribution in [-0.4, -0.2) is 35.2 Å². The summed E-state index contributed by atoms with van der Waals surface area (Å²) in [6.07, 6.45) is 2.71. The summed E-state index contributed by atoms with van der Waals surface area (Å²) in [5.41, 5.74) is 4.04. The molecule has 0 spiro atoms. The number of piperidine rings is 1. The van der Waals surface area contributed by atoms with Crippen molar-refractivity contribution in [2.75, 3.05) is 11.9 Å². The number of anilines is 1. The van der Waals surface area contributed by atoms with E-state index >= 15 is 0 Å². The van der Waals surface area contributed by atoms with Gasteiger partial charge < -0.3 is 10.2 Å². The van der Waals surface area contributed by atoms with Gasteiger partial charge in [0.05, 0.1) is 0 Å². The van der Waals surface area contributed by atoms with Gasteiger partial charge in [-0.05, 0) is 42.5 Å². The van der Waals surface area contributed by atoms with E-state index in [0.29, 0.717) is 18.5 Å². The third kappa shape index (κ3) is 1.90. The van der Waals surface area contributed by atoms with E-state index in [1.54, 1.807) is 4.90 Å². The predicted octanol–water partition coefficient (Wildman–Crippen LogP) is 0.806. The third-order valence-electron chi connectivity index (χ3n) is 4.76. The maximum atomic E-state index is 12.6. The van der Waals surface area contributed by atoms with Crippen LogP contribution in [0.1, 0.15) is 40.7 Å². The molecule has 3 amide bonds. The van der Waals surface area contributed by atoms with E-state index in [4.69, 9.17) is 0 Å². The summed E-state index contributed by atoms with van der Waals surface area (Å²) in [6.45, 7) is 1.42. The molecule has 3 aliphatic heterocycles. The third-order valence-corrected chi connectivity index (χ3v) is 4.76. The molecule has 6 heteroatoms. The molecule has 3 aliphatic rings. The second-order valence-corrected chi connectivity index (χ2v) is 6.05. The molecule has 0 aromatic heterocycles. The van der Waals surface area contributed by atoms with Crippen LogP contribution in [0.4, 0.5) is 5.69 Å². The smallest absolute Gasteiger partial charge is 0.255 e. The molecule has 1 fully saturated rings. The maximum absolute atomic E-state index is 12.6. The van der Waals surface area contributed by atoms with Crippen molar-refractivity contribution in [2.45, 2.75) is 38.3 Å². The van der Waals surface area contributed by atoms with Crippen LogP contribution in [0.3, 0.4) is 0 Å². The minimum Gasteiger partial charge on any atom is -0.385 e. The van der Waals surface area contributed by atoms with Crippen molar-refractivity contribution in [3.05, 3.63) is 28.8 Å². The molecule has 1 atom stereocenters. The van der Waals surface area contributed by atoms with Gasteiger partial charge in [0.25, 0.3) is 5.91 Å². The molecule has 1 unspecified atom stereocenters.